The van der Waals surface area contributed by atoms with Gasteiger partial charge in [-0.3, -0.25) is 4.79 Å². The average molecular weight is 343 g/mol. The molecule has 0 N–H and O–H groups in total. The molecule has 24 heavy (non-hydrogen) atoms. The third-order valence-electron chi connectivity index (χ3n) is 4.11. The fourth-order valence-corrected chi connectivity index (χ4v) is 3.69. The molecule has 4 nitrogen and oxygen atoms in total. The van der Waals surface area contributed by atoms with Crippen LogP contribution in [0.4, 0.5) is 5.69 Å². The first-order chi connectivity index (χ1) is 11.7. The van der Waals surface area contributed by atoms with Crippen molar-refractivity contribution in [1.29, 1.82) is 0 Å². The maximum absolute atomic E-state index is 12.7. The van der Waals surface area contributed by atoms with Gasteiger partial charge in [-0.1, -0.05) is 6.07 Å². The Morgan fingerprint density at radius 3 is 2.71 bits per heavy atom. The molecule has 0 aliphatic carbocycles. The second-order valence-electron chi connectivity index (χ2n) is 5.61. The summed E-state index contributed by atoms with van der Waals surface area (Å²) in [5, 5.41) is 0. The van der Waals surface area contributed by atoms with E-state index in [0.29, 0.717) is 5.75 Å². The molecule has 0 saturated heterocycles. The van der Waals surface area contributed by atoms with Crippen molar-refractivity contribution in [2.45, 2.75) is 17.7 Å². The topological polar surface area (TPSA) is 38.8 Å². The van der Waals surface area contributed by atoms with Crippen molar-refractivity contribution in [3.63, 3.8) is 0 Å². The van der Waals surface area contributed by atoms with E-state index in [4.69, 9.17) is 9.47 Å². The Kier molecular flexibility index (Phi) is 5.30. The molecule has 0 saturated carbocycles. The van der Waals surface area contributed by atoms with Gasteiger partial charge in [0.25, 0.3) is 0 Å². The second kappa shape index (κ2) is 7.62. The van der Waals surface area contributed by atoms with E-state index >= 15 is 0 Å². The molecule has 0 unspecified atom stereocenters. The zero-order valence-electron chi connectivity index (χ0n) is 14.0. The van der Waals surface area contributed by atoms with E-state index in [2.05, 4.69) is 0 Å². The Balaban J connectivity index is 1.70. The first-order valence-corrected chi connectivity index (χ1v) is 8.94. The number of amides is 1. The van der Waals surface area contributed by atoms with E-state index in [9.17, 15) is 4.79 Å². The van der Waals surface area contributed by atoms with Crippen LogP contribution < -0.4 is 14.4 Å². The second-order valence-corrected chi connectivity index (χ2v) is 6.66. The van der Waals surface area contributed by atoms with Crippen LogP contribution in [0.15, 0.2) is 47.4 Å². The zero-order chi connectivity index (χ0) is 16.9. The Bertz CT molecular complexity index is 732. The SMILES string of the molecule is COc1cccc(SCC(=O)N2CCCc3cc(OC)ccc32)c1. The lowest BCUT2D eigenvalue weighted by Gasteiger charge is -2.29. The van der Waals surface area contributed by atoms with Gasteiger partial charge in [0.2, 0.25) is 5.91 Å². The van der Waals surface area contributed by atoms with E-state index in [-0.39, 0.29) is 5.91 Å². The predicted octanol–water partition coefficient (Wildman–Crippen LogP) is 3.78. The molecule has 0 aromatic heterocycles. The Hall–Kier alpha value is -2.14. The maximum atomic E-state index is 12.7. The van der Waals surface area contributed by atoms with Crippen molar-refractivity contribution in [3.05, 3.63) is 48.0 Å². The summed E-state index contributed by atoms with van der Waals surface area (Å²) in [7, 11) is 3.31. The molecule has 0 bridgehead atoms. The van der Waals surface area contributed by atoms with Crippen LogP contribution in [-0.4, -0.2) is 32.4 Å². The number of aryl methyl sites for hydroxylation is 1. The molecule has 0 spiro atoms. The minimum absolute atomic E-state index is 0.133. The fraction of sp³-hybridized carbons (Fsp3) is 0.316. The van der Waals surface area contributed by atoms with Crippen LogP contribution in [0.25, 0.3) is 0 Å². The van der Waals surface area contributed by atoms with Gasteiger partial charge >= 0.3 is 0 Å². The summed E-state index contributed by atoms with van der Waals surface area (Å²) in [6.45, 7) is 0.775. The van der Waals surface area contributed by atoms with E-state index in [1.165, 1.54) is 17.3 Å². The molecule has 0 fully saturated rings. The molecule has 1 aliphatic rings. The molecular weight excluding hydrogens is 322 g/mol. The third kappa shape index (κ3) is 3.67. The number of ether oxygens (including phenoxy) is 2. The normalized spacial score (nSPS) is 13.3. The number of benzene rings is 2. The van der Waals surface area contributed by atoms with Crippen LogP contribution in [-0.2, 0) is 11.2 Å². The number of carbonyl (C=O) groups is 1. The minimum Gasteiger partial charge on any atom is -0.497 e. The summed E-state index contributed by atoms with van der Waals surface area (Å²) < 4.78 is 10.5. The lowest BCUT2D eigenvalue weighted by atomic mass is 10.0. The van der Waals surface area contributed by atoms with E-state index in [0.717, 1.165) is 41.5 Å². The highest BCUT2D eigenvalue weighted by molar-refractivity contribution is 8.00. The number of carbonyl (C=O) groups excluding carboxylic acids is 1. The highest BCUT2D eigenvalue weighted by Crippen LogP contribution is 2.31. The van der Waals surface area contributed by atoms with Crippen LogP contribution in [0, 0.1) is 0 Å². The molecule has 2 aromatic rings. The van der Waals surface area contributed by atoms with Gasteiger partial charge in [-0.05, 0) is 54.8 Å². The first-order valence-electron chi connectivity index (χ1n) is 7.95. The summed E-state index contributed by atoms with van der Waals surface area (Å²) in [5.74, 6) is 2.20. The van der Waals surface area contributed by atoms with Gasteiger partial charge in [0.15, 0.2) is 0 Å². The monoisotopic (exact) mass is 343 g/mol. The summed E-state index contributed by atoms with van der Waals surface area (Å²) in [6.07, 6.45) is 1.97. The minimum atomic E-state index is 0.133. The Labute approximate surface area is 146 Å². The van der Waals surface area contributed by atoms with Crippen LogP contribution >= 0.6 is 11.8 Å². The van der Waals surface area contributed by atoms with Gasteiger partial charge in [0.05, 0.1) is 20.0 Å². The van der Waals surface area contributed by atoms with E-state index < -0.39 is 0 Å². The molecule has 1 heterocycles. The number of anilines is 1. The third-order valence-corrected chi connectivity index (χ3v) is 5.09. The number of nitrogens with zero attached hydrogens (tertiary/aromatic N) is 1. The summed E-state index contributed by atoms with van der Waals surface area (Å²) in [4.78, 5) is 15.6. The van der Waals surface area contributed by atoms with Crippen LogP contribution in [0.3, 0.4) is 0 Å². The van der Waals surface area contributed by atoms with Crippen molar-refractivity contribution in [1.82, 2.24) is 0 Å². The molecule has 126 valence electrons. The molecular formula is C19H21NO3S. The van der Waals surface area contributed by atoms with Crippen molar-refractivity contribution in [2.75, 3.05) is 31.4 Å². The predicted molar refractivity (Wildman–Crippen MR) is 97.4 cm³/mol. The largest absolute Gasteiger partial charge is 0.497 e. The lowest BCUT2D eigenvalue weighted by Crippen LogP contribution is -2.36. The standard InChI is InChI=1S/C19H21NO3S/c1-22-15-6-3-7-17(12-15)24-13-19(21)20-10-4-5-14-11-16(23-2)8-9-18(14)20/h3,6-9,11-12H,4-5,10,13H2,1-2H3. The fourth-order valence-electron chi connectivity index (χ4n) is 2.87. The molecule has 1 amide bonds. The number of hydrogen-bond donors (Lipinski definition) is 0. The number of fused-ring (bicyclic) bond motifs is 1. The molecule has 1 aliphatic heterocycles. The van der Waals surface area contributed by atoms with Gasteiger partial charge in [0.1, 0.15) is 11.5 Å². The van der Waals surface area contributed by atoms with Gasteiger partial charge in [-0.2, -0.15) is 0 Å². The molecule has 2 aromatic carbocycles. The van der Waals surface area contributed by atoms with Crippen LogP contribution in [0.2, 0.25) is 0 Å². The van der Waals surface area contributed by atoms with E-state index in [1.54, 1.807) is 14.2 Å². The van der Waals surface area contributed by atoms with Crippen molar-refractivity contribution < 1.29 is 14.3 Å². The zero-order valence-corrected chi connectivity index (χ0v) is 14.8. The van der Waals surface area contributed by atoms with Crippen molar-refractivity contribution in [3.8, 4) is 11.5 Å². The lowest BCUT2D eigenvalue weighted by molar-refractivity contribution is -0.116. The van der Waals surface area contributed by atoms with Gasteiger partial charge in [0, 0.05) is 17.1 Å². The summed E-state index contributed by atoms with van der Waals surface area (Å²) in [5.41, 5.74) is 2.19. The van der Waals surface area contributed by atoms with Crippen LogP contribution in [0.1, 0.15) is 12.0 Å². The van der Waals surface area contributed by atoms with Gasteiger partial charge in [-0.25, -0.2) is 0 Å². The Morgan fingerprint density at radius 2 is 1.92 bits per heavy atom. The quantitative estimate of drug-likeness (QED) is 0.775. The Morgan fingerprint density at radius 1 is 1.12 bits per heavy atom. The van der Waals surface area contributed by atoms with Crippen molar-refractivity contribution >= 4 is 23.4 Å². The molecule has 0 atom stereocenters. The van der Waals surface area contributed by atoms with Gasteiger partial charge in [-0.15, -0.1) is 11.8 Å². The smallest absolute Gasteiger partial charge is 0.237 e. The van der Waals surface area contributed by atoms with Crippen LogP contribution in [0.5, 0.6) is 11.5 Å². The van der Waals surface area contributed by atoms with Gasteiger partial charge < -0.3 is 14.4 Å². The summed E-state index contributed by atoms with van der Waals surface area (Å²) >= 11 is 1.54. The van der Waals surface area contributed by atoms with Crippen molar-refractivity contribution in [2.24, 2.45) is 0 Å². The summed E-state index contributed by atoms with van der Waals surface area (Å²) in [6, 6.07) is 13.7. The number of methoxy groups -OCH3 is 2. The first kappa shape index (κ1) is 16.7. The molecule has 0 radical (unpaired) electrons. The highest BCUT2D eigenvalue weighted by atomic mass is 32.2. The molecule has 3 rings (SSSR count). The number of rotatable bonds is 5. The maximum Gasteiger partial charge on any atom is 0.237 e. The molecule has 5 heteroatoms. The average Bonchev–Trinajstić information content (AvgIpc) is 2.65. The number of hydrogen-bond acceptors (Lipinski definition) is 4. The van der Waals surface area contributed by atoms with E-state index in [1.807, 2.05) is 47.4 Å². The number of thioether (sulfide) groups is 1. The highest BCUT2D eigenvalue weighted by Gasteiger charge is 2.22.